The number of nitrogens with two attached hydrogens (primary N) is 1. The fraction of sp³-hybridized carbons (Fsp3) is 0.444. The highest BCUT2D eigenvalue weighted by atomic mass is 16.1. The number of anilines is 1. The van der Waals surface area contributed by atoms with Crippen LogP contribution in [0.3, 0.4) is 0 Å². The van der Waals surface area contributed by atoms with E-state index in [1.54, 1.807) is 17.7 Å². The van der Waals surface area contributed by atoms with Crippen LogP contribution in [0.15, 0.2) is 10.9 Å². The van der Waals surface area contributed by atoms with E-state index < -0.39 is 0 Å². The molecule has 70 valence electrons. The molecule has 0 unspecified atom stereocenters. The Labute approximate surface area is 76.4 Å². The predicted molar refractivity (Wildman–Crippen MR) is 51.5 cm³/mol. The summed E-state index contributed by atoms with van der Waals surface area (Å²) in [4.78, 5) is 11.5. The van der Waals surface area contributed by atoms with E-state index in [4.69, 9.17) is 5.73 Å². The lowest BCUT2D eigenvalue weighted by Gasteiger charge is -2.20. The number of hydrogen-bond donors (Lipinski definition) is 2. The van der Waals surface area contributed by atoms with Crippen LogP contribution >= 0.6 is 0 Å². The van der Waals surface area contributed by atoms with Gasteiger partial charge in [0.25, 0.3) is 5.56 Å². The number of fused-ring (bicyclic) bond motifs is 1. The molecule has 0 saturated heterocycles. The van der Waals surface area contributed by atoms with Gasteiger partial charge in [0.1, 0.15) is 0 Å². The third-order valence-corrected chi connectivity index (χ3v) is 2.52. The van der Waals surface area contributed by atoms with Crippen molar-refractivity contribution in [3.05, 3.63) is 27.7 Å². The zero-order valence-corrected chi connectivity index (χ0v) is 7.63. The SMILES string of the molecule is Cn1c2c(cc(N)c1=O)CCNC2. The Balaban J connectivity index is 2.67. The summed E-state index contributed by atoms with van der Waals surface area (Å²) in [5.74, 6) is 0. The van der Waals surface area contributed by atoms with E-state index in [1.165, 1.54) is 5.56 Å². The van der Waals surface area contributed by atoms with Crippen LogP contribution in [0.4, 0.5) is 5.69 Å². The molecule has 0 spiro atoms. The average molecular weight is 179 g/mol. The summed E-state index contributed by atoms with van der Waals surface area (Å²) < 4.78 is 1.64. The summed E-state index contributed by atoms with van der Waals surface area (Å²) in [5.41, 5.74) is 8.10. The minimum absolute atomic E-state index is 0.0950. The molecule has 3 N–H and O–H groups in total. The van der Waals surface area contributed by atoms with Gasteiger partial charge in [-0.25, -0.2) is 0 Å². The monoisotopic (exact) mass is 179 g/mol. The standard InChI is InChI=1S/C9H13N3O/c1-12-8-5-11-3-2-6(8)4-7(10)9(12)13/h4,11H,2-3,5,10H2,1H3. The first-order valence-corrected chi connectivity index (χ1v) is 4.38. The Morgan fingerprint density at radius 1 is 1.62 bits per heavy atom. The van der Waals surface area contributed by atoms with E-state index in [9.17, 15) is 4.79 Å². The van der Waals surface area contributed by atoms with Crippen LogP contribution in [0.2, 0.25) is 0 Å². The Hall–Kier alpha value is -1.29. The molecule has 0 saturated carbocycles. The van der Waals surface area contributed by atoms with Crippen molar-refractivity contribution in [2.75, 3.05) is 12.3 Å². The Kier molecular flexibility index (Phi) is 1.84. The molecule has 2 heterocycles. The van der Waals surface area contributed by atoms with Gasteiger partial charge in [-0.1, -0.05) is 0 Å². The molecule has 0 bridgehead atoms. The van der Waals surface area contributed by atoms with Gasteiger partial charge in [-0.15, -0.1) is 0 Å². The van der Waals surface area contributed by atoms with Crippen LogP contribution in [0.5, 0.6) is 0 Å². The molecule has 0 aliphatic carbocycles. The van der Waals surface area contributed by atoms with E-state index in [2.05, 4.69) is 5.32 Å². The van der Waals surface area contributed by atoms with Crippen LogP contribution in [0, 0.1) is 0 Å². The number of aromatic nitrogens is 1. The van der Waals surface area contributed by atoms with Gasteiger partial charge >= 0.3 is 0 Å². The maximum atomic E-state index is 11.5. The van der Waals surface area contributed by atoms with Crippen molar-refractivity contribution in [2.45, 2.75) is 13.0 Å². The molecular formula is C9H13N3O. The third kappa shape index (κ3) is 1.23. The average Bonchev–Trinajstić information content (AvgIpc) is 2.15. The van der Waals surface area contributed by atoms with Crippen LogP contribution in [-0.2, 0) is 20.0 Å². The predicted octanol–water partition coefficient (Wildman–Crippen LogP) is -0.387. The van der Waals surface area contributed by atoms with Crippen LogP contribution in [-0.4, -0.2) is 11.1 Å². The van der Waals surface area contributed by atoms with Crippen LogP contribution < -0.4 is 16.6 Å². The van der Waals surface area contributed by atoms with Crippen molar-refractivity contribution >= 4 is 5.69 Å². The summed E-state index contributed by atoms with van der Waals surface area (Å²) in [7, 11) is 1.77. The van der Waals surface area contributed by atoms with E-state index in [-0.39, 0.29) is 5.56 Å². The van der Waals surface area contributed by atoms with Gasteiger partial charge < -0.3 is 15.6 Å². The van der Waals surface area contributed by atoms with Crippen molar-refractivity contribution in [3.63, 3.8) is 0 Å². The minimum atomic E-state index is -0.0950. The molecule has 2 rings (SSSR count). The topological polar surface area (TPSA) is 60.0 Å². The van der Waals surface area contributed by atoms with Crippen molar-refractivity contribution in [1.82, 2.24) is 9.88 Å². The van der Waals surface area contributed by atoms with Crippen LogP contribution in [0.1, 0.15) is 11.3 Å². The second-order valence-corrected chi connectivity index (χ2v) is 3.36. The molecular weight excluding hydrogens is 166 g/mol. The third-order valence-electron chi connectivity index (χ3n) is 2.52. The summed E-state index contributed by atoms with van der Waals surface area (Å²) in [5, 5.41) is 3.23. The molecule has 1 aromatic heterocycles. The fourth-order valence-corrected chi connectivity index (χ4v) is 1.74. The molecule has 13 heavy (non-hydrogen) atoms. The maximum absolute atomic E-state index is 11.5. The zero-order chi connectivity index (χ0) is 9.42. The quantitative estimate of drug-likeness (QED) is 0.570. The molecule has 0 amide bonds. The van der Waals surface area contributed by atoms with E-state index >= 15 is 0 Å². The minimum Gasteiger partial charge on any atom is -0.394 e. The number of pyridine rings is 1. The Bertz CT molecular complexity index is 395. The van der Waals surface area contributed by atoms with Crippen molar-refractivity contribution in [1.29, 1.82) is 0 Å². The van der Waals surface area contributed by atoms with E-state index in [0.29, 0.717) is 5.69 Å². The largest absolute Gasteiger partial charge is 0.394 e. The van der Waals surface area contributed by atoms with Gasteiger partial charge in [-0.3, -0.25) is 4.79 Å². The summed E-state index contributed by atoms with van der Waals surface area (Å²) in [6.07, 6.45) is 0.952. The Morgan fingerprint density at radius 3 is 3.15 bits per heavy atom. The highest BCUT2D eigenvalue weighted by molar-refractivity contribution is 5.41. The molecule has 1 aliphatic rings. The summed E-state index contributed by atoms with van der Waals surface area (Å²) in [6.45, 7) is 1.73. The molecule has 1 aliphatic heterocycles. The lowest BCUT2D eigenvalue weighted by atomic mass is 10.1. The molecule has 0 atom stereocenters. The molecule has 0 aromatic carbocycles. The number of nitrogens with zero attached hydrogens (tertiary/aromatic N) is 1. The number of rotatable bonds is 0. The summed E-state index contributed by atoms with van der Waals surface area (Å²) in [6, 6.07) is 1.80. The van der Waals surface area contributed by atoms with Crippen molar-refractivity contribution < 1.29 is 0 Å². The zero-order valence-electron chi connectivity index (χ0n) is 7.63. The van der Waals surface area contributed by atoms with Crippen molar-refractivity contribution in [2.24, 2.45) is 7.05 Å². The van der Waals surface area contributed by atoms with Gasteiger partial charge in [0.05, 0.1) is 5.69 Å². The first-order valence-electron chi connectivity index (χ1n) is 4.38. The number of nitrogens with one attached hydrogen (secondary N) is 1. The van der Waals surface area contributed by atoms with Crippen LogP contribution in [0.25, 0.3) is 0 Å². The molecule has 4 heteroatoms. The van der Waals surface area contributed by atoms with Gasteiger partial charge in [0.15, 0.2) is 0 Å². The smallest absolute Gasteiger partial charge is 0.273 e. The first-order chi connectivity index (χ1) is 6.20. The molecule has 4 nitrogen and oxygen atoms in total. The molecule has 1 aromatic rings. The van der Waals surface area contributed by atoms with E-state index in [1.807, 2.05) is 0 Å². The maximum Gasteiger partial charge on any atom is 0.273 e. The van der Waals surface area contributed by atoms with Gasteiger partial charge in [-0.2, -0.15) is 0 Å². The van der Waals surface area contributed by atoms with Gasteiger partial charge in [0, 0.05) is 19.3 Å². The first kappa shape index (κ1) is 8.31. The highest BCUT2D eigenvalue weighted by Crippen LogP contribution is 2.12. The summed E-state index contributed by atoms with van der Waals surface area (Å²) >= 11 is 0. The second-order valence-electron chi connectivity index (χ2n) is 3.36. The van der Waals surface area contributed by atoms with Crippen molar-refractivity contribution in [3.8, 4) is 0 Å². The Morgan fingerprint density at radius 2 is 2.38 bits per heavy atom. The lowest BCUT2D eigenvalue weighted by Crippen LogP contribution is -2.32. The van der Waals surface area contributed by atoms with Gasteiger partial charge in [-0.05, 0) is 24.6 Å². The molecule has 0 radical (unpaired) electrons. The second kappa shape index (κ2) is 2.88. The fourth-order valence-electron chi connectivity index (χ4n) is 1.74. The van der Waals surface area contributed by atoms with Gasteiger partial charge in [0.2, 0.25) is 0 Å². The normalized spacial score (nSPS) is 15.5. The number of hydrogen-bond acceptors (Lipinski definition) is 3. The number of nitrogen functional groups attached to an aromatic ring is 1. The highest BCUT2D eigenvalue weighted by Gasteiger charge is 2.13. The molecule has 0 fully saturated rings. The van der Waals surface area contributed by atoms with E-state index in [0.717, 1.165) is 25.2 Å². The lowest BCUT2D eigenvalue weighted by molar-refractivity contribution is 0.591.